The largest absolute Gasteiger partial charge is 0.573 e. The maximum Gasteiger partial charge on any atom is 0.573 e. The molecule has 26 heavy (non-hydrogen) atoms. The molecule has 0 amide bonds. The van der Waals surface area contributed by atoms with Gasteiger partial charge in [-0.2, -0.15) is 0 Å². The Labute approximate surface area is 148 Å². The van der Waals surface area contributed by atoms with Crippen molar-refractivity contribution in [3.63, 3.8) is 0 Å². The minimum Gasteiger partial charge on any atom is -0.497 e. The van der Waals surface area contributed by atoms with Crippen molar-refractivity contribution in [1.29, 1.82) is 0 Å². The van der Waals surface area contributed by atoms with Crippen molar-refractivity contribution in [3.8, 4) is 17.2 Å². The second-order valence-corrected chi connectivity index (χ2v) is 6.86. The standard InChI is InChI=1S/C16H16F3NO5S/c1-23-13-6-8-14(9-7-13)24-10-11-26(21,22)20-12-2-4-15(5-3-12)25-16(17,18)19/h2-9,20H,10-11H2,1H3. The summed E-state index contributed by atoms with van der Waals surface area (Å²) in [5, 5.41) is 0. The van der Waals surface area contributed by atoms with E-state index in [9.17, 15) is 21.6 Å². The van der Waals surface area contributed by atoms with Gasteiger partial charge in [-0.15, -0.1) is 13.2 Å². The lowest BCUT2D eigenvalue weighted by molar-refractivity contribution is -0.274. The second kappa shape index (κ2) is 8.17. The second-order valence-electron chi connectivity index (χ2n) is 5.02. The highest BCUT2D eigenvalue weighted by atomic mass is 32.2. The Bertz CT molecular complexity index is 805. The molecule has 0 saturated carbocycles. The van der Waals surface area contributed by atoms with E-state index in [1.807, 2.05) is 0 Å². The van der Waals surface area contributed by atoms with E-state index in [0.717, 1.165) is 12.1 Å². The molecule has 0 bridgehead atoms. The first kappa shape index (κ1) is 19.7. The normalized spacial score (nSPS) is 11.7. The first-order valence-corrected chi connectivity index (χ1v) is 8.95. The van der Waals surface area contributed by atoms with Crippen LogP contribution < -0.4 is 18.9 Å². The van der Waals surface area contributed by atoms with E-state index < -0.39 is 22.1 Å². The minimum absolute atomic E-state index is 0.100. The molecule has 0 unspecified atom stereocenters. The molecule has 2 aromatic carbocycles. The van der Waals surface area contributed by atoms with Crippen LogP contribution in [0.3, 0.4) is 0 Å². The topological polar surface area (TPSA) is 73.9 Å². The van der Waals surface area contributed by atoms with Crippen LogP contribution in [-0.4, -0.2) is 34.2 Å². The third-order valence-corrected chi connectivity index (χ3v) is 4.29. The highest BCUT2D eigenvalue weighted by Gasteiger charge is 2.31. The maximum absolute atomic E-state index is 12.1. The number of nitrogens with one attached hydrogen (secondary N) is 1. The van der Waals surface area contributed by atoms with Crippen LogP contribution in [-0.2, 0) is 10.0 Å². The third-order valence-electron chi connectivity index (χ3n) is 3.04. The van der Waals surface area contributed by atoms with Crippen molar-refractivity contribution >= 4 is 15.7 Å². The monoisotopic (exact) mass is 391 g/mol. The molecule has 0 fully saturated rings. The molecule has 2 aromatic rings. The Morgan fingerprint density at radius 1 is 0.923 bits per heavy atom. The molecule has 0 atom stereocenters. The average Bonchev–Trinajstić information content (AvgIpc) is 2.55. The smallest absolute Gasteiger partial charge is 0.497 e. The van der Waals surface area contributed by atoms with Crippen LogP contribution in [0.4, 0.5) is 18.9 Å². The fourth-order valence-corrected chi connectivity index (χ4v) is 2.80. The number of benzene rings is 2. The number of alkyl halides is 3. The molecule has 10 heteroatoms. The van der Waals surface area contributed by atoms with Gasteiger partial charge in [0.05, 0.1) is 7.11 Å². The number of hydrogen-bond acceptors (Lipinski definition) is 5. The van der Waals surface area contributed by atoms with Gasteiger partial charge in [-0.05, 0) is 48.5 Å². The summed E-state index contributed by atoms with van der Waals surface area (Å²) in [7, 11) is -2.20. The molecule has 1 N–H and O–H groups in total. The molecule has 0 aliphatic carbocycles. The molecule has 0 spiro atoms. The maximum atomic E-state index is 12.1. The molecule has 0 saturated heterocycles. The molecule has 0 aliphatic heterocycles. The van der Waals surface area contributed by atoms with Crippen molar-refractivity contribution in [1.82, 2.24) is 0 Å². The molecule has 0 aromatic heterocycles. The molecule has 0 heterocycles. The van der Waals surface area contributed by atoms with Crippen molar-refractivity contribution in [2.24, 2.45) is 0 Å². The van der Waals surface area contributed by atoms with Gasteiger partial charge in [0.1, 0.15) is 29.6 Å². The third kappa shape index (κ3) is 6.71. The summed E-state index contributed by atoms with van der Waals surface area (Å²) < 4.78 is 76.5. The summed E-state index contributed by atoms with van der Waals surface area (Å²) in [6.07, 6.45) is -4.81. The molecule has 2 rings (SSSR count). The molecular formula is C16H16F3NO5S. The van der Waals surface area contributed by atoms with Crippen molar-refractivity contribution < 1.29 is 35.8 Å². The van der Waals surface area contributed by atoms with Crippen LogP contribution >= 0.6 is 0 Å². The van der Waals surface area contributed by atoms with Gasteiger partial charge >= 0.3 is 6.36 Å². The van der Waals surface area contributed by atoms with E-state index in [4.69, 9.17) is 9.47 Å². The van der Waals surface area contributed by atoms with Crippen LogP contribution in [0.2, 0.25) is 0 Å². The number of methoxy groups -OCH3 is 1. The van der Waals surface area contributed by atoms with Gasteiger partial charge in [0, 0.05) is 5.69 Å². The van der Waals surface area contributed by atoms with Gasteiger partial charge in [0.2, 0.25) is 10.0 Å². The van der Waals surface area contributed by atoms with Crippen molar-refractivity contribution in [2.45, 2.75) is 6.36 Å². The van der Waals surface area contributed by atoms with Gasteiger partial charge in [-0.1, -0.05) is 0 Å². The van der Waals surface area contributed by atoms with Crippen LogP contribution in [0.25, 0.3) is 0 Å². The Kier molecular flexibility index (Phi) is 6.19. The van der Waals surface area contributed by atoms with E-state index in [0.29, 0.717) is 11.5 Å². The summed E-state index contributed by atoms with van der Waals surface area (Å²) in [6.45, 7) is -0.100. The predicted octanol–water partition coefficient (Wildman–Crippen LogP) is 3.41. The summed E-state index contributed by atoms with van der Waals surface area (Å²) in [4.78, 5) is 0. The van der Waals surface area contributed by atoms with E-state index in [-0.39, 0.29) is 18.0 Å². The number of halogens is 3. The Balaban J connectivity index is 1.85. The Morgan fingerprint density at radius 2 is 1.46 bits per heavy atom. The lowest BCUT2D eigenvalue weighted by Crippen LogP contribution is -2.21. The Morgan fingerprint density at radius 3 is 2.00 bits per heavy atom. The zero-order chi connectivity index (χ0) is 19.2. The van der Waals surface area contributed by atoms with E-state index in [1.54, 1.807) is 24.3 Å². The van der Waals surface area contributed by atoms with Gasteiger partial charge in [0.15, 0.2) is 0 Å². The van der Waals surface area contributed by atoms with Gasteiger partial charge in [-0.3, -0.25) is 4.72 Å². The number of sulfonamides is 1. The summed E-state index contributed by atoms with van der Waals surface area (Å²) in [5.41, 5.74) is 0.115. The average molecular weight is 391 g/mol. The summed E-state index contributed by atoms with van der Waals surface area (Å²) >= 11 is 0. The highest BCUT2D eigenvalue weighted by molar-refractivity contribution is 7.92. The van der Waals surface area contributed by atoms with E-state index in [1.165, 1.54) is 19.2 Å². The molecule has 142 valence electrons. The number of hydrogen-bond donors (Lipinski definition) is 1. The quantitative estimate of drug-likeness (QED) is 0.747. The number of rotatable bonds is 8. The van der Waals surface area contributed by atoms with Gasteiger partial charge in [0.25, 0.3) is 0 Å². The predicted molar refractivity (Wildman–Crippen MR) is 89.0 cm³/mol. The van der Waals surface area contributed by atoms with Crippen molar-refractivity contribution in [3.05, 3.63) is 48.5 Å². The van der Waals surface area contributed by atoms with E-state index >= 15 is 0 Å². The van der Waals surface area contributed by atoms with Crippen molar-refractivity contribution in [2.75, 3.05) is 24.2 Å². The Hall–Kier alpha value is -2.62. The first-order valence-electron chi connectivity index (χ1n) is 7.30. The minimum atomic E-state index is -4.81. The molecule has 6 nitrogen and oxygen atoms in total. The molecule has 0 aliphatic rings. The first-order chi connectivity index (χ1) is 12.2. The van der Waals surface area contributed by atoms with Crippen LogP contribution in [0.15, 0.2) is 48.5 Å². The highest BCUT2D eigenvalue weighted by Crippen LogP contribution is 2.24. The van der Waals surface area contributed by atoms with Crippen LogP contribution in [0.5, 0.6) is 17.2 Å². The van der Waals surface area contributed by atoms with E-state index in [2.05, 4.69) is 9.46 Å². The lowest BCUT2D eigenvalue weighted by Gasteiger charge is -2.11. The zero-order valence-electron chi connectivity index (χ0n) is 13.6. The van der Waals surface area contributed by atoms with Crippen LogP contribution in [0.1, 0.15) is 0 Å². The van der Waals surface area contributed by atoms with Crippen LogP contribution in [0, 0.1) is 0 Å². The fraction of sp³-hybridized carbons (Fsp3) is 0.250. The number of anilines is 1. The molecular weight excluding hydrogens is 375 g/mol. The zero-order valence-corrected chi connectivity index (χ0v) is 14.4. The SMILES string of the molecule is COc1ccc(OCCS(=O)(=O)Nc2ccc(OC(F)(F)F)cc2)cc1. The fourth-order valence-electron chi connectivity index (χ4n) is 1.90. The van der Waals surface area contributed by atoms with Gasteiger partial charge < -0.3 is 14.2 Å². The summed E-state index contributed by atoms with van der Waals surface area (Å²) in [6, 6.07) is 11.0. The summed E-state index contributed by atoms with van der Waals surface area (Å²) in [5.74, 6) is 0.349. The molecule has 0 radical (unpaired) electrons. The lowest BCUT2D eigenvalue weighted by atomic mass is 10.3. The number of ether oxygens (including phenoxy) is 3. The van der Waals surface area contributed by atoms with Gasteiger partial charge in [-0.25, -0.2) is 8.42 Å².